The molecule has 6 N–H and O–H groups in total. The number of alkyl halides is 5. The Morgan fingerprint density at radius 3 is 2.50 bits per heavy atom. The Hall–Kier alpha value is -2.11. The smallest absolute Gasteiger partial charge is 0.403 e. The lowest BCUT2D eigenvalue weighted by Gasteiger charge is -2.17. The van der Waals surface area contributed by atoms with Crippen LogP contribution in [-0.4, -0.2) is 31.0 Å². The zero-order chi connectivity index (χ0) is 16.9. The molecule has 6 nitrogen and oxygen atoms in total. The highest BCUT2D eigenvalue weighted by Crippen LogP contribution is 2.17. The molecule has 0 spiro atoms. The van der Waals surface area contributed by atoms with E-state index >= 15 is 0 Å². The summed E-state index contributed by atoms with van der Waals surface area (Å²) in [5.74, 6) is -0.978. The van der Waals surface area contributed by atoms with E-state index in [-0.39, 0.29) is 11.4 Å². The molecule has 1 aromatic rings. The second-order valence-corrected chi connectivity index (χ2v) is 4.12. The zero-order valence-electron chi connectivity index (χ0n) is 11.0. The Bertz CT molecular complexity index is 495. The van der Waals surface area contributed by atoms with E-state index in [1.165, 1.54) is 0 Å². The normalized spacial score (nSPS) is 14.4. The predicted octanol–water partition coefficient (Wildman–Crippen LogP) is 0.756. The first-order valence-corrected chi connectivity index (χ1v) is 5.81. The van der Waals surface area contributed by atoms with Crippen molar-refractivity contribution in [2.45, 2.75) is 18.8 Å². The third kappa shape index (κ3) is 5.35. The van der Waals surface area contributed by atoms with Crippen molar-refractivity contribution < 1.29 is 35.8 Å². The third-order valence-electron chi connectivity index (χ3n) is 2.51. The van der Waals surface area contributed by atoms with Crippen LogP contribution in [0.5, 0.6) is 0 Å². The Morgan fingerprint density at radius 1 is 1.45 bits per heavy atom. The number of anilines is 1. The zero-order valence-corrected chi connectivity index (χ0v) is 11.0. The van der Waals surface area contributed by atoms with E-state index in [4.69, 9.17) is 11.5 Å². The minimum Gasteiger partial charge on any atom is -0.403 e. The van der Waals surface area contributed by atoms with Gasteiger partial charge in [-0.2, -0.15) is 26.3 Å². The van der Waals surface area contributed by atoms with Gasteiger partial charge in [-0.1, -0.05) is 0 Å². The van der Waals surface area contributed by atoms with Crippen LogP contribution in [-0.2, 0) is 4.74 Å². The van der Waals surface area contributed by atoms with Crippen molar-refractivity contribution in [1.29, 1.82) is 0 Å². The highest BCUT2D eigenvalue weighted by atomic mass is 19.4. The summed E-state index contributed by atoms with van der Waals surface area (Å²) in [5.41, 5.74) is 9.80. The van der Waals surface area contributed by atoms with Crippen molar-refractivity contribution in [1.82, 2.24) is 10.4 Å². The first-order chi connectivity index (χ1) is 10.1. The Balaban J connectivity index is 2.96. The molecule has 0 saturated heterocycles. The van der Waals surface area contributed by atoms with E-state index in [1.54, 1.807) is 0 Å². The largest absolute Gasteiger partial charge is 0.405 e. The fraction of sp³-hybridized carbons (Fsp3) is 0.500. The summed E-state index contributed by atoms with van der Waals surface area (Å²) in [6, 6.07) is -1.28. The van der Waals surface area contributed by atoms with Crippen LogP contribution in [0.3, 0.4) is 0 Å². The summed E-state index contributed by atoms with van der Waals surface area (Å²) in [5, 5.41) is 4.01. The van der Waals surface area contributed by atoms with Gasteiger partial charge in [-0.15, -0.1) is 9.78 Å². The van der Waals surface area contributed by atoms with E-state index < -0.39 is 37.9 Å². The van der Waals surface area contributed by atoms with E-state index in [0.29, 0.717) is 0 Å². The fourth-order valence-electron chi connectivity index (χ4n) is 1.56. The molecule has 12 heteroatoms. The van der Waals surface area contributed by atoms with Gasteiger partial charge in [-0.3, -0.25) is 0 Å². The number of aromatic nitrogens is 2. The second kappa shape index (κ2) is 7.24. The minimum atomic E-state index is -4.56. The second-order valence-electron chi connectivity index (χ2n) is 4.12. The number of ether oxygens (including phenoxy) is 1. The van der Waals surface area contributed by atoms with Gasteiger partial charge in [-0.05, 0) is 0 Å². The molecule has 126 valence electrons. The van der Waals surface area contributed by atoms with Gasteiger partial charge in [0, 0.05) is 6.20 Å². The van der Waals surface area contributed by atoms with Gasteiger partial charge in [0.15, 0.2) is 5.69 Å². The van der Waals surface area contributed by atoms with Crippen molar-refractivity contribution in [3.05, 3.63) is 24.0 Å². The summed E-state index contributed by atoms with van der Waals surface area (Å²) in [4.78, 5) is 0. The number of aromatic amines is 1. The van der Waals surface area contributed by atoms with Gasteiger partial charge in [-0.25, -0.2) is 0 Å². The highest BCUT2D eigenvalue weighted by Gasteiger charge is 2.33. The van der Waals surface area contributed by atoms with Crippen LogP contribution >= 0.6 is 0 Å². The number of rotatable bonds is 7. The van der Waals surface area contributed by atoms with Gasteiger partial charge in [0.05, 0.1) is 0 Å². The average molecular weight is 334 g/mol. The van der Waals surface area contributed by atoms with Crippen LogP contribution in [0.15, 0.2) is 18.1 Å². The van der Waals surface area contributed by atoms with Crippen molar-refractivity contribution >= 4 is 5.69 Å². The first kappa shape index (κ1) is 17.9. The van der Waals surface area contributed by atoms with E-state index in [0.717, 1.165) is 17.1 Å². The maximum absolute atomic E-state index is 13.2. The fourth-order valence-corrected chi connectivity index (χ4v) is 1.56. The molecule has 0 saturated carbocycles. The molecule has 0 aliphatic rings. The van der Waals surface area contributed by atoms with E-state index in [2.05, 4.69) is 9.84 Å². The van der Waals surface area contributed by atoms with Gasteiger partial charge in [0.1, 0.15) is 18.8 Å². The number of hydrogen-bond acceptors (Lipinski definition) is 4. The molecule has 22 heavy (non-hydrogen) atoms. The number of hydrogen-bond donors (Lipinski definition) is 4. The molecule has 0 amide bonds. The molecule has 0 radical (unpaired) electrons. The summed E-state index contributed by atoms with van der Waals surface area (Å²) in [6.45, 7) is -5.39. The van der Waals surface area contributed by atoms with Gasteiger partial charge < -0.3 is 21.5 Å². The molecule has 0 aromatic carbocycles. The molecule has 0 aliphatic heterocycles. The van der Waals surface area contributed by atoms with Crippen LogP contribution in [0.2, 0.25) is 0 Å². The molecule has 0 bridgehead atoms. The molecule has 0 fully saturated rings. The summed E-state index contributed by atoms with van der Waals surface area (Å²) in [6.07, 6.45) is -2.84. The number of nitrogen functional groups attached to an aromatic ring is 1. The molecule has 1 unspecified atom stereocenters. The summed E-state index contributed by atoms with van der Waals surface area (Å²) in [7, 11) is 0. The van der Waals surface area contributed by atoms with Gasteiger partial charge in [0.2, 0.25) is 12.2 Å². The topological polar surface area (TPSA) is 93.0 Å². The number of nitrogens with two attached hydrogens (primary N) is 2. The molecule has 1 heterocycles. The standard InChI is InChI=1S/C10H13F6N5O/c11-8-5(18)2-21(20-8)7(3-22-9(12)13)6(1-17)19-4-10(14,15)16/h1-2,7,9,19H,3-4,17-18H2/p+1/b6-1-. The lowest BCUT2D eigenvalue weighted by atomic mass is 10.2. The van der Waals surface area contributed by atoms with E-state index in [9.17, 15) is 26.3 Å². The molecule has 0 aliphatic carbocycles. The Morgan fingerprint density at radius 2 is 2.09 bits per heavy atom. The van der Waals surface area contributed by atoms with Crippen molar-refractivity contribution in [2.75, 3.05) is 18.9 Å². The SMILES string of the molecule is N/C=C(\NCC(F)(F)F)C(COC(F)F)[n+]1cc(N)c(F)[nH]1. The maximum atomic E-state index is 13.2. The average Bonchev–Trinajstić information content (AvgIpc) is 2.71. The minimum absolute atomic E-state index is 0.302. The van der Waals surface area contributed by atoms with Crippen molar-refractivity contribution in [2.24, 2.45) is 5.73 Å². The molecular weight excluding hydrogens is 320 g/mol. The quantitative estimate of drug-likeness (QED) is 0.437. The number of H-pyrrole nitrogens is 1. The van der Waals surface area contributed by atoms with Crippen LogP contribution in [0.25, 0.3) is 0 Å². The molecular formula is C10H14F6N5O+. The van der Waals surface area contributed by atoms with Crippen molar-refractivity contribution in [3.63, 3.8) is 0 Å². The first-order valence-electron chi connectivity index (χ1n) is 5.81. The Labute approximate surface area is 120 Å². The molecule has 1 aromatic heterocycles. The monoisotopic (exact) mass is 334 g/mol. The number of nitrogens with one attached hydrogen (secondary N) is 2. The van der Waals surface area contributed by atoms with Crippen molar-refractivity contribution in [3.8, 4) is 0 Å². The maximum Gasteiger partial charge on any atom is 0.405 e. The molecule has 1 atom stereocenters. The lowest BCUT2D eigenvalue weighted by Crippen LogP contribution is -2.48. The number of halogens is 6. The highest BCUT2D eigenvalue weighted by molar-refractivity contribution is 5.29. The van der Waals surface area contributed by atoms with Gasteiger partial charge >= 0.3 is 12.8 Å². The summed E-state index contributed by atoms with van der Waals surface area (Å²) < 4.78 is 79.1. The predicted molar refractivity (Wildman–Crippen MR) is 62.7 cm³/mol. The van der Waals surface area contributed by atoms with Crippen LogP contribution in [0.1, 0.15) is 6.04 Å². The molecule has 1 rings (SSSR count). The lowest BCUT2D eigenvalue weighted by molar-refractivity contribution is -0.769. The van der Waals surface area contributed by atoms with Crippen LogP contribution in [0, 0.1) is 5.95 Å². The van der Waals surface area contributed by atoms with Crippen LogP contribution < -0.4 is 21.5 Å². The number of nitrogens with zero attached hydrogens (tertiary/aromatic N) is 1. The third-order valence-corrected chi connectivity index (χ3v) is 2.51. The van der Waals surface area contributed by atoms with Gasteiger partial charge in [0.25, 0.3) is 5.95 Å². The van der Waals surface area contributed by atoms with E-state index in [1.807, 2.05) is 5.32 Å². The van der Waals surface area contributed by atoms with Crippen LogP contribution in [0.4, 0.5) is 32.0 Å². The Kier molecular flexibility index (Phi) is 5.91. The summed E-state index contributed by atoms with van der Waals surface area (Å²) >= 11 is 0.